The maximum atomic E-state index is 7.03. The molecule has 0 spiro atoms. The van der Waals surface area contributed by atoms with Crippen molar-refractivity contribution in [1.29, 1.82) is 0 Å². The predicted molar refractivity (Wildman–Crippen MR) is 165 cm³/mol. The molecule has 0 saturated heterocycles. The zero-order valence-electron chi connectivity index (χ0n) is 26.6. The van der Waals surface area contributed by atoms with E-state index in [2.05, 4.69) is 80.0 Å². The molecule has 214 valence electrons. The first-order chi connectivity index (χ1) is 17.1. The molecule has 0 aromatic heterocycles. The first-order valence-electron chi connectivity index (χ1n) is 16.1. The Morgan fingerprint density at radius 2 is 1.51 bits per heavy atom. The van der Waals surface area contributed by atoms with Crippen molar-refractivity contribution < 1.29 is 8.85 Å². The first kappa shape index (κ1) is 30.1. The fourth-order valence-electron chi connectivity index (χ4n) is 9.80. The van der Waals surface area contributed by atoms with Crippen molar-refractivity contribution in [3.63, 3.8) is 0 Å². The first-order valence-corrected chi connectivity index (χ1v) is 22.9. The van der Waals surface area contributed by atoms with Gasteiger partial charge < -0.3 is 8.85 Å². The van der Waals surface area contributed by atoms with Crippen LogP contribution in [0.25, 0.3) is 0 Å². The summed E-state index contributed by atoms with van der Waals surface area (Å²) in [5, 5.41) is 0. The monoisotopic (exact) mass is 546 g/mol. The summed E-state index contributed by atoms with van der Waals surface area (Å²) >= 11 is 0. The summed E-state index contributed by atoms with van der Waals surface area (Å²) in [6.45, 7) is 26.9. The van der Waals surface area contributed by atoms with Crippen LogP contribution in [0.5, 0.6) is 0 Å². The number of allylic oxidation sites excluding steroid dienone is 1. The highest BCUT2D eigenvalue weighted by Gasteiger charge is 2.60. The van der Waals surface area contributed by atoms with Gasteiger partial charge in [-0.25, -0.2) is 0 Å². The summed E-state index contributed by atoms with van der Waals surface area (Å²) in [5.41, 5.74) is 2.51. The zero-order chi connectivity index (χ0) is 27.4. The van der Waals surface area contributed by atoms with Crippen molar-refractivity contribution in [3.8, 4) is 0 Å². The van der Waals surface area contributed by atoms with E-state index in [9.17, 15) is 0 Å². The molecule has 0 amide bonds. The molecule has 0 aromatic rings. The molecule has 37 heavy (non-hydrogen) atoms. The van der Waals surface area contributed by atoms with Crippen molar-refractivity contribution in [2.75, 3.05) is 0 Å². The highest BCUT2D eigenvalue weighted by atomic mass is 28.4. The molecule has 0 aliphatic heterocycles. The zero-order valence-corrected chi connectivity index (χ0v) is 28.6. The topological polar surface area (TPSA) is 18.5 Å². The molecular formula is C33H62O2Si2. The van der Waals surface area contributed by atoms with E-state index in [1.807, 2.05) is 0 Å². The van der Waals surface area contributed by atoms with Gasteiger partial charge in [0.15, 0.2) is 16.6 Å². The lowest BCUT2D eigenvalue weighted by Gasteiger charge is -2.60. The maximum absolute atomic E-state index is 7.03. The summed E-state index contributed by atoms with van der Waals surface area (Å²) in [5.74, 6) is 5.31. The van der Waals surface area contributed by atoms with Crippen LogP contribution in [0.1, 0.15) is 98.8 Å². The normalized spacial score (nSPS) is 41.1. The van der Waals surface area contributed by atoms with Crippen molar-refractivity contribution in [2.24, 2.45) is 46.3 Å². The minimum atomic E-state index is -1.69. The molecular weight excluding hydrogens is 485 g/mol. The van der Waals surface area contributed by atoms with Gasteiger partial charge in [-0.3, -0.25) is 0 Å². The molecule has 0 N–H and O–H groups in total. The summed E-state index contributed by atoms with van der Waals surface area (Å²) in [7, 11) is -3.32. The molecule has 0 aromatic carbocycles. The molecule has 9 unspecified atom stereocenters. The third-order valence-corrected chi connectivity index (χ3v) is 13.3. The van der Waals surface area contributed by atoms with Crippen LogP contribution in [0, 0.1) is 46.3 Å². The third kappa shape index (κ3) is 6.23. The van der Waals surface area contributed by atoms with Crippen molar-refractivity contribution in [1.82, 2.24) is 0 Å². The Hall–Kier alpha value is 0.0938. The Morgan fingerprint density at radius 3 is 2.14 bits per heavy atom. The van der Waals surface area contributed by atoms with E-state index in [0.717, 1.165) is 35.5 Å². The highest BCUT2D eigenvalue weighted by molar-refractivity contribution is 6.70. The lowest BCUT2D eigenvalue weighted by atomic mass is 9.46. The van der Waals surface area contributed by atoms with Gasteiger partial charge in [-0.15, -0.1) is 0 Å². The van der Waals surface area contributed by atoms with Crippen molar-refractivity contribution in [3.05, 3.63) is 11.6 Å². The van der Waals surface area contributed by atoms with Crippen molar-refractivity contribution in [2.45, 2.75) is 150 Å². The second-order valence-corrected chi connectivity index (χ2v) is 25.6. The molecule has 4 aliphatic rings. The van der Waals surface area contributed by atoms with Gasteiger partial charge in [-0.1, -0.05) is 60.0 Å². The smallest absolute Gasteiger partial charge is 0.184 e. The lowest BCUT2D eigenvalue weighted by molar-refractivity contribution is -0.0742. The fourth-order valence-corrected chi connectivity index (χ4v) is 12.0. The molecule has 3 fully saturated rings. The lowest BCUT2D eigenvalue weighted by Crippen LogP contribution is -2.57. The summed E-state index contributed by atoms with van der Waals surface area (Å²) in [6, 6.07) is 0. The second kappa shape index (κ2) is 10.8. The Kier molecular flexibility index (Phi) is 8.79. The molecule has 2 nitrogen and oxygen atoms in total. The molecule has 4 aliphatic carbocycles. The van der Waals surface area contributed by atoms with Gasteiger partial charge in [0.1, 0.15) is 0 Å². The standard InChI is InChI=1S/C33H62O2Si2/c1-23(2)13-12-14-24(3)26-17-18-27-25-15-16-29-31(35-37(9,10)11)30(34-36(6,7)8)20-22-33(29,5)28(25)19-21-32(26,27)4/h16,23-28,30-31H,12-15,17-22H2,1-11H3. The van der Waals surface area contributed by atoms with Crippen LogP contribution in [0.15, 0.2) is 11.6 Å². The molecule has 9 atom stereocenters. The van der Waals surface area contributed by atoms with E-state index in [-0.39, 0.29) is 12.2 Å². The van der Waals surface area contributed by atoms with Gasteiger partial charge in [-0.05, 0) is 136 Å². The molecule has 0 radical (unpaired) electrons. The average Bonchev–Trinajstić information content (AvgIpc) is 3.11. The maximum Gasteiger partial charge on any atom is 0.184 e. The molecule has 4 rings (SSSR count). The van der Waals surface area contributed by atoms with Gasteiger partial charge in [-0.2, -0.15) is 0 Å². The minimum Gasteiger partial charge on any atom is -0.412 e. The largest absolute Gasteiger partial charge is 0.412 e. The predicted octanol–water partition coefficient (Wildman–Crippen LogP) is 10.1. The van der Waals surface area contributed by atoms with Gasteiger partial charge in [0, 0.05) is 0 Å². The van der Waals surface area contributed by atoms with Crippen LogP contribution < -0.4 is 0 Å². The van der Waals surface area contributed by atoms with Crippen LogP contribution in [-0.2, 0) is 8.85 Å². The van der Waals surface area contributed by atoms with E-state index in [1.54, 1.807) is 5.57 Å². The van der Waals surface area contributed by atoms with E-state index in [1.165, 1.54) is 64.2 Å². The Balaban J connectivity index is 1.56. The van der Waals surface area contributed by atoms with Crippen LogP contribution in [0.4, 0.5) is 0 Å². The number of hydrogen-bond acceptors (Lipinski definition) is 2. The highest BCUT2D eigenvalue weighted by Crippen LogP contribution is 2.67. The summed E-state index contributed by atoms with van der Waals surface area (Å²) < 4.78 is 13.9. The quantitative estimate of drug-likeness (QED) is 0.211. The van der Waals surface area contributed by atoms with E-state index < -0.39 is 16.6 Å². The van der Waals surface area contributed by atoms with Crippen LogP contribution in [0.3, 0.4) is 0 Å². The molecule has 0 heterocycles. The minimum absolute atomic E-state index is 0.184. The van der Waals surface area contributed by atoms with Crippen molar-refractivity contribution >= 4 is 16.6 Å². The van der Waals surface area contributed by atoms with E-state index in [0.29, 0.717) is 10.8 Å². The van der Waals surface area contributed by atoms with Crippen LogP contribution in [0.2, 0.25) is 39.3 Å². The third-order valence-electron chi connectivity index (χ3n) is 11.3. The molecule has 0 bridgehead atoms. The van der Waals surface area contributed by atoms with Crippen LogP contribution in [-0.4, -0.2) is 28.8 Å². The Bertz CT molecular complexity index is 823. The van der Waals surface area contributed by atoms with Gasteiger partial charge in [0.2, 0.25) is 0 Å². The Morgan fingerprint density at radius 1 is 0.838 bits per heavy atom. The molecule has 3 saturated carbocycles. The van der Waals surface area contributed by atoms with Gasteiger partial charge in [0.25, 0.3) is 0 Å². The Labute approximate surface area is 233 Å². The molecule has 4 heteroatoms. The number of hydrogen-bond donors (Lipinski definition) is 0. The number of fused-ring (bicyclic) bond motifs is 5. The van der Waals surface area contributed by atoms with Gasteiger partial charge >= 0.3 is 0 Å². The van der Waals surface area contributed by atoms with Crippen LogP contribution >= 0.6 is 0 Å². The SMILES string of the molecule is CC(C)CCCC(C)C1CCC2C3CC=C4C(O[Si](C)(C)C)C(O[Si](C)(C)C)CCC4(C)C3CCC12C. The van der Waals surface area contributed by atoms with Gasteiger partial charge in [0.05, 0.1) is 12.2 Å². The summed E-state index contributed by atoms with van der Waals surface area (Å²) in [6.07, 6.45) is 17.0. The van der Waals surface area contributed by atoms with E-state index in [4.69, 9.17) is 8.85 Å². The second-order valence-electron chi connectivity index (χ2n) is 16.7. The summed E-state index contributed by atoms with van der Waals surface area (Å²) in [4.78, 5) is 0. The fraction of sp³-hybridized carbons (Fsp3) is 0.939. The average molecular weight is 547 g/mol. The number of rotatable bonds is 9. The van der Waals surface area contributed by atoms with E-state index >= 15 is 0 Å².